The molecule has 0 fully saturated rings. The molecule has 1 heterocycles. The van der Waals surface area contributed by atoms with Gasteiger partial charge in [-0.1, -0.05) is 0 Å². The first-order chi connectivity index (χ1) is 7.63. The lowest BCUT2D eigenvalue weighted by molar-refractivity contribution is 0.190. The molecule has 0 saturated heterocycles. The van der Waals surface area contributed by atoms with Crippen molar-refractivity contribution >= 4 is 15.9 Å². The normalized spacial score (nSPS) is 10.7. The molecule has 0 unspecified atom stereocenters. The van der Waals surface area contributed by atoms with Crippen LogP contribution in [0.2, 0.25) is 0 Å². The Bertz CT molecular complexity index is 578. The molecule has 1 N–H and O–H groups in total. The Hall–Kier alpha value is -1.47. The van der Waals surface area contributed by atoms with Gasteiger partial charge in [-0.25, -0.2) is 13.8 Å². The maximum atomic E-state index is 13.0. The van der Waals surface area contributed by atoms with E-state index in [0.29, 0.717) is 10.2 Å². The summed E-state index contributed by atoms with van der Waals surface area (Å²) in [7, 11) is 0. The zero-order valence-electron chi connectivity index (χ0n) is 7.97. The van der Waals surface area contributed by atoms with Gasteiger partial charge in [0.2, 0.25) is 0 Å². The van der Waals surface area contributed by atoms with E-state index in [9.17, 15) is 9.18 Å². The van der Waals surface area contributed by atoms with Crippen molar-refractivity contribution in [3.63, 3.8) is 0 Å². The maximum Gasteiger partial charge on any atom is 0.352 e. The highest BCUT2D eigenvalue weighted by atomic mass is 79.9. The van der Waals surface area contributed by atoms with Gasteiger partial charge in [-0.2, -0.15) is 9.78 Å². The van der Waals surface area contributed by atoms with Crippen molar-refractivity contribution in [3.8, 4) is 5.69 Å². The molecule has 5 nitrogen and oxygen atoms in total. The highest BCUT2D eigenvalue weighted by molar-refractivity contribution is 9.10. The minimum Gasteiger partial charge on any atom is -0.374 e. The average molecular weight is 288 g/mol. The van der Waals surface area contributed by atoms with Crippen molar-refractivity contribution in [2.75, 3.05) is 0 Å². The fourth-order valence-corrected chi connectivity index (χ4v) is 1.71. The molecule has 2 rings (SSSR count). The molecular weight excluding hydrogens is 281 g/mol. The summed E-state index contributed by atoms with van der Waals surface area (Å²) in [6.07, 6.45) is 1.22. The first-order valence-electron chi connectivity index (χ1n) is 4.34. The lowest BCUT2D eigenvalue weighted by atomic mass is 10.3. The molecule has 0 saturated carbocycles. The molecule has 0 atom stereocenters. The van der Waals surface area contributed by atoms with E-state index < -0.39 is 18.2 Å². The first kappa shape index (κ1) is 11.0. The van der Waals surface area contributed by atoms with Gasteiger partial charge in [0.25, 0.3) is 0 Å². The maximum absolute atomic E-state index is 13.0. The van der Waals surface area contributed by atoms with Crippen LogP contribution < -0.4 is 5.69 Å². The standard InChI is InChI=1S/C9H7BrFN3O2/c10-7-2-1-6(11)3-8(7)13-4-12-14(5-15)9(13)16/h1-4,15H,5H2. The molecule has 1 aromatic carbocycles. The summed E-state index contributed by atoms with van der Waals surface area (Å²) in [5.74, 6) is -0.457. The van der Waals surface area contributed by atoms with Crippen molar-refractivity contribution in [1.82, 2.24) is 14.3 Å². The van der Waals surface area contributed by atoms with Crippen molar-refractivity contribution in [1.29, 1.82) is 0 Å². The Morgan fingerprint density at radius 2 is 2.25 bits per heavy atom. The van der Waals surface area contributed by atoms with Crippen molar-refractivity contribution in [2.45, 2.75) is 6.73 Å². The Labute approximate surface area is 97.9 Å². The van der Waals surface area contributed by atoms with Crippen molar-refractivity contribution < 1.29 is 9.50 Å². The number of aliphatic hydroxyl groups is 1. The van der Waals surface area contributed by atoms with Gasteiger partial charge in [-0.15, -0.1) is 0 Å². The van der Waals surface area contributed by atoms with Crippen molar-refractivity contribution in [2.24, 2.45) is 0 Å². The summed E-state index contributed by atoms with van der Waals surface area (Å²) in [5.41, 5.74) is -0.196. The van der Waals surface area contributed by atoms with Gasteiger partial charge < -0.3 is 5.11 Å². The minimum absolute atomic E-state index is 0.338. The summed E-state index contributed by atoms with van der Waals surface area (Å²) in [5, 5.41) is 12.5. The van der Waals surface area contributed by atoms with E-state index in [1.165, 1.54) is 24.5 Å². The van der Waals surface area contributed by atoms with Crippen LogP contribution in [0.25, 0.3) is 5.69 Å². The third-order valence-corrected chi connectivity index (χ3v) is 2.71. The van der Waals surface area contributed by atoms with Crippen LogP contribution in [0.1, 0.15) is 0 Å². The lowest BCUT2D eigenvalue weighted by Crippen LogP contribution is -2.24. The molecule has 0 bridgehead atoms. The third kappa shape index (κ3) is 1.79. The van der Waals surface area contributed by atoms with Gasteiger partial charge in [0.05, 0.1) is 5.69 Å². The van der Waals surface area contributed by atoms with Crippen molar-refractivity contribution in [3.05, 3.63) is 45.3 Å². The second-order valence-electron chi connectivity index (χ2n) is 3.02. The predicted octanol–water partition coefficient (Wildman–Crippen LogP) is 0.885. The van der Waals surface area contributed by atoms with Gasteiger partial charge in [0, 0.05) is 4.47 Å². The van der Waals surface area contributed by atoms with Crippen LogP contribution in [0.5, 0.6) is 0 Å². The van der Waals surface area contributed by atoms with Crippen LogP contribution in [-0.4, -0.2) is 19.5 Å². The Balaban J connectivity index is 2.63. The monoisotopic (exact) mass is 287 g/mol. The lowest BCUT2D eigenvalue weighted by Gasteiger charge is -2.03. The number of nitrogens with zero attached hydrogens (tertiary/aromatic N) is 3. The van der Waals surface area contributed by atoms with Gasteiger partial charge in [-0.3, -0.25) is 0 Å². The Morgan fingerprint density at radius 1 is 1.50 bits per heavy atom. The molecule has 7 heteroatoms. The summed E-state index contributed by atoms with van der Waals surface area (Å²) in [4.78, 5) is 11.6. The smallest absolute Gasteiger partial charge is 0.352 e. The van der Waals surface area contributed by atoms with E-state index in [0.717, 1.165) is 9.25 Å². The van der Waals surface area contributed by atoms with Crippen LogP contribution in [-0.2, 0) is 6.73 Å². The highest BCUT2D eigenvalue weighted by Crippen LogP contribution is 2.20. The van der Waals surface area contributed by atoms with Gasteiger partial charge in [-0.05, 0) is 34.1 Å². The fraction of sp³-hybridized carbons (Fsp3) is 0.111. The largest absolute Gasteiger partial charge is 0.374 e. The second-order valence-corrected chi connectivity index (χ2v) is 3.87. The number of aliphatic hydroxyl groups excluding tert-OH is 1. The van der Waals surface area contributed by atoms with E-state index in [2.05, 4.69) is 21.0 Å². The molecule has 0 aliphatic heterocycles. The van der Waals surface area contributed by atoms with E-state index in [4.69, 9.17) is 5.11 Å². The topological polar surface area (TPSA) is 60.0 Å². The van der Waals surface area contributed by atoms with Crippen LogP contribution in [0.3, 0.4) is 0 Å². The van der Waals surface area contributed by atoms with Crippen LogP contribution in [0, 0.1) is 5.82 Å². The number of rotatable bonds is 2. The average Bonchev–Trinajstić information content (AvgIpc) is 2.63. The minimum atomic E-state index is -0.534. The number of aromatic nitrogens is 3. The van der Waals surface area contributed by atoms with E-state index in [-0.39, 0.29) is 0 Å². The van der Waals surface area contributed by atoms with Gasteiger partial charge in [0.15, 0.2) is 0 Å². The first-order valence-corrected chi connectivity index (χ1v) is 5.13. The van der Waals surface area contributed by atoms with Gasteiger partial charge in [0.1, 0.15) is 18.9 Å². The highest BCUT2D eigenvalue weighted by Gasteiger charge is 2.09. The Morgan fingerprint density at radius 3 is 2.88 bits per heavy atom. The van der Waals surface area contributed by atoms with E-state index in [1.54, 1.807) is 0 Å². The van der Waals surface area contributed by atoms with E-state index >= 15 is 0 Å². The summed E-state index contributed by atoms with van der Waals surface area (Å²) >= 11 is 3.21. The molecule has 84 valence electrons. The molecule has 2 aromatic rings. The summed E-state index contributed by atoms with van der Waals surface area (Å²) in [6.45, 7) is -0.515. The zero-order chi connectivity index (χ0) is 11.7. The van der Waals surface area contributed by atoms with E-state index in [1.807, 2.05) is 0 Å². The number of hydrogen-bond acceptors (Lipinski definition) is 3. The third-order valence-electron chi connectivity index (χ3n) is 2.04. The molecule has 16 heavy (non-hydrogen) atoms. The quantitative estimate of drug-likeness (QED) is 0.892. The molecule has 0 spiro atoms. The van der Waals surface area contributed by atoms with Crippen LogP contribution >= 0.6 is 15.9 Å². The molecule has 0 radical (unpaired) electrons. The number of benzene rings is 1. The molecule has 0 amide bonds. The fourth-order valence-electron chi connectivity index (χ4n) is 1.27. The molecular formula is C9H7BrFN3O2. The number of halogens is 2. The predicted molar refractivity (Wildman–Crippen MR) is 57.7 cm³/mol. The summed E-state index contributed by atoms with van der Waals surface area (Å²) in [6, 6.07) is 3.97. The van der Waals surface area contributed by atoms with Gasteiger partial charge >= 0.3 is 5.69 Å². The summed E-state index contributed by atoms with van der Waals surface area (Å²) < 4.78 is 15.6. The number of hydrogen-bond donors (Lipinski definition) is 1. The second kappa shape index (κ2) is 4.18. The van der Waals surface area contributed by atoms with Crippen LogP contribution in [0.4, 0.5) is 4.39 Å². The Kier molecular flexibility index (Phi) is 2.88. The van der Waals surface area contributed by atoms with Crippen LogP contribution in [0.15, 0.2) is 33.8 Å². The zero-order valence-corrected chi connectivity index (χ0v) is 9.56. The molecule has 0 aliphatic rings. The molecule has 0 aliphatic carbocycles. The SMILES string of the molecule is O=c1n(-c2cc(F)ccc2Br)cnn1CO. The molecule has 1 aromatic heterocycles.